The van der Waals surface area contributed by atoms with Crippen molar-refractivity contribution in [3.05, 3.63) is 11.9 Å². The number of nitrogens with one attached hydrogen (secondary N) is 1. The summed E-state index contributed by atoms with van der Waals surface area (Å²) in [4.78, 5) is 8.58. The van der Waals surface area contributed by atoms with Crippen LogP contribution in [0, 0.1) is 0 Å². The summed E-state index contributed by atoms with van der Waals surface area (Å²) in [6.45, 7) is 5.82. The average molecular weight is 241 g/mol. The van der Waals surface area contributed by atoms with Crippen LogP contribution in [0.25, 0.3) is 0 Å². The first kappa shape index (κ1) is 13.3. The van der Waals surface area contributed by atoms with E-state index in [9.17, 15) is 0 Å². The molecule has 0 fully saturated rings. The number of hydrogen-bond acceptors (Lipinski definition) is 5. The van der Waals surface area contributed by atoms with E-state index >= 15 is 0 Å². The number of anilines is 1. The summed E-state index contributed by atoms with van der Waals surface area (Å²) >= 11 is 1.72. The van der Waals surface area contributed by atoms with E-state index in [2.05, 4.69) is 29.1 Å². The van der Waals surface area contributed by atoms with Crippen LogP contribution in [0.15, 0.2) is 11.4 Å². The van der Waals surface area contributed by atoms with Gasteiger partial charge in [0.2, 0.25) is 0 Å². The monoisotopic (exact) mass is 241 g/mol. The van der Waals surface area contributed by atoms with Gasteiger partial charge < -0.3 is 10.1 Å². The molecule has 16 heavy (non-hydrogen) atoms. The van der Waals surface area contributed by atoms with E-state index in [4.69, 9.17) is 4.74 Å². The Labute approximate surface area is 101 Å². The maximum absolute atomic E-state index is 5.03. The molecule has 0 aromatic carbocycles. The second-order valence-electron chi connectivity index (χ2n) is 3.23. The van der Waals surface area contributed by atoms with Gasteiger partial charge in [-0.25, -0.2) is 9.97 Å². The fraction of sp³-hybridized carbons (Fsp3) is 0.636. The molecule has 0 atom stereocenters. The van der Waals surface area contributed by atoms with E-state index in [1.807, 2.05) is 0 Å². The molecule has 0 spiro atoms. The minimum atomic E-state index is 0.744. The van der Waals surface area contributed by atoms with Gasteiger partial charge in [0.15, 0.2) is 0 Å². The smallest absolute Gasteiger partial charge is 0.133 e. The van der Waals surface area contributed by atoms with Gasteiger partial charge in [0.25, 0.3) is 0 Å². The lowest BCUT2D eigenvalue weighted by Gasteiger charge is -2.11. The molecule has 5 heteroatoms. The zero-order valence-electron chi connectivity index (χ0n) is 10.1. The highest BCUT2D eigenvalue weighted by atomic mass is 32.2. The van der Waals surface area contributed by atoms with Crippen LogP contribution in [-0.2, 0) is 11.2 Å². The van der Waals surface area contributed by atoms with Crippen molar-refractivity contribution < 1.29 is 4.74 Å². The zero-order chi connectivity index (χ0) is 11.8. The molecular formula is C11H19N3OS. The Morgan fingerprint density at radius 3 is 2.81 bits per heavy atom. The third-order valence-corrected chi connectivity index (χ3v) is 3.13. The highest BCUT2D eigenvalue weighted by Gasteiger charge is 2.09. The molecule has 4 nitrogen and oxygen atoms in total. The minimum Gasteiger partial charge on any atom is -0.384 e. The van der Waals surface area contributed by atoms with Crippen LogP contribution < -0.4 is 5.32 Å². The zero-order valence-corrected chi connectivity index (χ0v) is 10.9. The Kier molecular flexibility index (Phi) is 6.18. The second-order valence-corrected chi connectivity index (χ2v) is 4.31. The molecule has 0 amide bonds. The number of ether oxygens (including phenoxy) is 1. The van der Waals surface area contributed by atoms with Gasteiger partial charge in [0, 0.05) is 25.0 Å². The molecule has 0 unspecified atom stereocenters. The van der Waals surface area contributed by atoms with Crippen molar-refractivity contribution in [1.82, 2.24) is 9.97 Å². The molecule has 0 aliphatic heterocycles. The Morgan fingerprint density at radius 2 is 2.19 bits per heavy atom. The van der Waals surface area contributed by atoms with Crippen LogP contribution in [0.2, 0.25) is 0 Å². The molecule has 0 saturated heterocycles. The first-order chi connectivity index (χ1) is 7.83. The molecule has 1 heterocycles. The maximum Gasteiger partial charge on any atom is 0.133 e. The summed E-state index contributed by atoms with van der Waals surface area (Å²) < 4.78 is 5.03. The van der Waals surface area contributed by atoms with Crippen molar-refractivity contribution in [1.29, 1.82) is 0 Å². The Bertz CT molecular complexity index is 320. The van der Waals surface area contributed by atoms with E-state index in [1.165, 1.54) is 5.56 Å². The number of hydrogen-bond donors (Lipinski definition) is 1. The third-order valence-electron chi connectivity index (χ3n) is 2.13. The van der Waals surface area contributed by atoms with Crippen LogP contribution in [0.5, 0.6) is 0 Å². The van der Waals surface area contributed by atoms with Crippen LogP contribution >= 0.6 is 11.8 Å². The Balaban J connectivity index is 2.77. The van der Waals surface area contributed by atoms with Gasteiger partial charge in [-0.3, -0.25) is 0 Å². The first-order valence-electron chi connectivity index (χ1n) is 5.52. The van der Waals surface area contributed by atoms with E-state index < -0.39 is 0 Å². The second kappa shape index (κ2) is 7.46. The number of aromatic nitrogens is 2. The van der Waals surface area contributed by atoms with Crippen LogP contribution in [0.3, 0.4) is 0 Å². The van der Waals surface area contributed by atoms with Crippen molar-refractivity contribution in [3.63, 3.8) is 0 Å². The normalized spacial score (nSPS) is 10.4. The fourth-order valence-corrected chi connectivity index (χ4v) is 2.36. The largest absolute Gasteiger partial charge is 0.384 e. The Hall–Kier alpha value is -0.810. The van der Waals surface area contributed by atoms with Crippen molar-refractivity contribution in [2.24, 2.45) is 0 Å². The van der Waals surface area contributed by atoms with E-state index in [0.717, 1.165) is 36.2 Å². The SMILES string of the molecule is CCNc1ncnc(SCCOC)c1CC. The van der Waals surface area contributed by atoms with Crippen LogP contribution in [-0.4, -0.2) is 36.0 Å². The predicted molar refractivity (Wildman–Crippen MR) is 68.2 cm³/mol. The number of thioether (sulfide) groups is 1. The molecule has 0 aliphatic carbocycles. The summed E-state index contributed by atoms with van der Waals surface area (Å²) in [7, 11) is 1.71. The van der Waals surface area contributed by atoms with Crippen LogP contribution in [0.4, 0.5) is 5.82 Å². The predicted octanol–water partition coefficient (Wildman–Crippen LogP) is 2.21. The number of nitrogens with zero attached hydrogens (tertiary/aromatic N) is 2. The van der Waals surface area contributed by atoms with Gasteiger partial charge in [-0.2, -0.15) is 0 Å². The summed E-state index contributed by atoms with van der Waals surface area (Å²) in [5, 5.41) is 4.32. The summed E-state index contributed by atoms with van der Waals surface area (Å²) in [5.41, 5.74) is 1.20. The van der Waals surface area contributed by atoms with Gasteiger partial charge in [-0.1, -0.05) is 6.92 Å². The molecule has 0 bridgehead atoms. The molecule has 1 aromatic rings. The molecule has 0 saturated carbocycles. The highest BCUT2D eigenvalue weighted by Crippen LogP contribution is 2.24. The molecule has 0 radical (unpaired) electrons. The summed E-state index contributed by atoms with van der Waals surface area (Å²) in [6.07, 6.45) is 2.56. The van der Waals surface area contributed by atoms with E-state index in [0.29, 0.717) is 0 Å². The molecule has 0 aliphatic rings. The van der Waals surface area contributed by atoms with Crippen molar-refractivity contribution in [2.75, 3.05) is 31.3 Å². The van der Waals surface area contributed by atoms with Gasteiger partial charge in [-0.05, 0) is 13.3 Å². The quantitative estimate of drug-likeness (QED) is 0.450. The topological polar surface area (TPSA) is 47.0 Å². The molecular weight excluding hydrogens is 222 g/mol. The van der Waals surface area contributed by atoms with Crippen molar-refractivity contribution in [2.45, 2.75) is 25.3 Å². The van der Waals surface area contributed by atoms with Gasteiger partial charge in [0.05, 0.1) is 6.61 Å². The van der Waals surface area contributed by atoms with Gasteiger partial charge in [-0.15, -0.1) is 11.8 Å². The molecule has 1 aromatic heterocycles. The maximum atomic E-state index is 5.03. The number of rotatable bonds is 7. The average Bonchev–Trinajstić information content (AvgIpc) is 2.30. The fourth-order valence-electron chi connectivity index (χ4n) is 1.38. The lowest BCUT2D eigenvalue weighted by atomic mass is 10.2. The lowest BCUT2D eigenvalue weighted by Crippen LogP contribution is -2.06. The number of methoxy groups -OCH3 is 1. The molecule has 1 rings (SSSR count). The first-order valence-corrected chi connectivity index (χ1v) is 6.51. The Morgan fingerprint density at radius 1 is 1.38 bits per heavy atom. The van der Waals surface area contributed by atoms with Crippen molar-refractivity contribution in [3.8, 4) is 0 Å². The molecule has 90 valence electrons. The third kappa shape index (κ3) is 3.64. The van der Waals surface area contributed by atoms with E-state index in [1.54, 1.807) is 25.2 Å². The molecule has 1 N–H and O–H groups in total. The highest BCUT2D eigenvalue weighted by molar-refractivity contribution is 7.99. The van der Waals surface area contributed by atoms with Gasteiger partial charge in [0.1, 0.15) is 17.2 Å². The summed E-state index contributed by atoms with van der Waals surface area (Å²) in [6, 6.07) is 0. The minimum absolute atomic E-state index is 0.744. The van der Waals surface area contributed by atoms with Crippen LogP contribution in [0.1, 0.15) is 19.4 Å². The lowest BCUT2D eigenvalue weighted by molar-refractivity contribution is 0.218. The van der Waals surface area contributed by atoms with E-state index in [-0.39, 0.29) is 0 Å². The summed E-state index contributed by atoms with van der Waals surface area (Å²) in [5.74, 6) is 1.88. The van der Waals surface area contributed by atoms with Crippen molar-refractivity contribution >= 4 is 17.6 Å². The van der Waals surface area contributed by atoms with Gasteiger partial charge >= 0.3 is 0 Å². The standard InChI is InChI=1S/C11H19N3OS/c1-4-9-10(12-5-2)13-8-14-11(9)16-7-6-15-3/h8H,4-7H2,1-3H3,(H,12,13,14).